The molecular formula is C19H29N3O2. The fourth-order valence-corrected chi connectivity index (χ4v) is 3.28. The highest BCUT2D eigenvalue weighted by molar-refractivity contribution is 6.39. The van der Waals surface area contributed by atoms with Crippen LogP contribution < -0.4 is 5.32 Å². The summed E-state index contributed by atoms with van der Waals surface area (Å²) in [6.45, 7) is 6.03. The molecule has 1 aliphatic rings. The summed E-state index contributed by atoms with van der Waals surface area (Å²) in [6, 6.07) is 6.14. The highest BCUT2D eigenvalue weighted by Gasteiger charge is 2.28. The number of amides is 2. The van der Waals surface area contributed by atoms with Crippen LogP contribution in [0.1, 0.15) is 37.8 Å². The molecule has 1 saturated heterocycles. The minimum absolute atomic E-state index is 0.145. The molecule has 2 amide bonds. The highest BCUT2D eigenvalue weighted by Crippen LogP contribution is 2.23. The van der Waals surface area contributed by atoms with E-state index in [9.17, 15) is 9.59 Å². The normalized spacial score (nSPS) is 16.0. The van der Waals surface area contributed by atoms with Gasteiger partial charge in [0.15, 0.2) is 0 Å². The second kappa shape index (κ2) is 8.29. The molecule has 5 heteroatoms. The summed E-state index contributed by atoms with van der Waals surface area (Å²) >= 11 is 0. The Bertz CT molecular complexity index is 570. The lowest BCUT2D eigenvalue weighted by Crippen LogP contribution is -2.48. The zero-order valence-corrected chi connectivity index (χ0v) is 15.3. The van der Waals surface area contributed by atoms with E-state index in [0.717, 1.165) is 55.6 Å². The number of anilines is 1. The number of nitrogens with one attached hydrogen (secondary N) is 1. The Balaban J connectivity index is 2.08. The monoisotopic (exact) mass is 331 g/mol. The number of likely N-dealkylation sites (tertiary alicyclic amines) is 1. The molecule has 0 atom stereocenters. The lowest BCUT2D eigenvalue weighted by atomic mass is 10.0. The van der Waals surface area contributed by atoms with Crippen molar-refractivity contribution in [3.8, 4) is 0 Å². The van der Waals surface area contributed by atoms with E-state index >= 15 is 0 Å². The number of benzene rings is 1. The van der Waals surface area contributed by atoms with Gasteiger partial charge in [-0.3, -0.25) is 9.59 Å². The first kappa shape index (κ1) is 18.5. The smallest absolute Gasteiger partial charge is 0.313 e. The second-order valence-electron chi connectivity index (χ2n) is 6.56. The predicted octanol–water partition coefficient (Wildman–Crippen LogP) is 2.30. The molecule has 0 unspecified atom stereocenters. The zero-order valence-electron chi connectivity index (χ0n) is 15.3. The molecule has 0 bridgehead atoms. The first-order chi connectivity index (χ1) is 11.5. The van der Waals surface area contributed by atoms with Crippen molar-refractivity contribution in [2.45, 2.75) is 45.6 Å². The zero-order chi connectivity index (χ0) is 17.7. The number of likely N-dealkylation sites (N-methyl/N-ethyl adjacent to an activating group) is 1. The minimum atomic E-state index is -0.535. The Hall–Kier alpha value is -1.88. The third-order valence-corrected chi connectivity index (χ3v) is 4.99. The molecule has 1 aromatic rings. The van der Waals surface area contributed by atoms with Gasteiger partial charge in [-0.05, 0) is 56.9 Å². The first-order valence-corrected chi connectivity index (χ1v) is 8.85. The molecule has 0 radical (unpaired) electrons. The van der Waals surface area contributed by atoms with Crippen molar-refractivity contribution in [2.24, 2.45) is 0 Å². The van der Waals surface area contributed by atoms with Gasteiger partial charge in [0.2, 0.25) is 0 Å². The molecule has 2 rings (SSSR count). The maximum Gasteiger partial charge on any atom is 0.313 e. The molecule has 132 valence electrons. The summed E-state index contributed by atoms with van der Waals surface area (Å²) in [4.78, 5) is 28.9. The number of hydrogen-bond donors (Lipinski definition) is 1. The number of piperidine rings is 1. The van der Waals surface area contributed by atoms with E-state index in [4.69, 9.17) is 0 Å². The Kier molecular flexibility index (Phi) is 6.37. The van der Waals surface area contributed by atoms with Gasteiger partial charge in [0.05, 0.1) is 0 Å². The maximum atomic E-state index is 12.5. The molecule has 0 aromatic heterocycles. The van der Waals surface area contributed by atoms with Gasteiger partial charge in [0, 0.05) is 18.8 Å². The number of carbonyl (C=O) groups excluding carboxylic acids is 2. The van der Waals surface area contributed by atoms with E-state index in [0.29, 0.717) is 0 Å². The van der Waals surface area contributed by atoms with Crippen molar-refractivity contribution in [3.63, 3.8) is 0 Å². The Morgan fingerprint density at radius 1 is 1.17 bits per heavy atom. The molecule has 1 heterocycles. The average Bonchev–Trinajstić information content (AvgIpc) is 2.61. The highest BCUT2D eigenvalue weighted by atomic mass is 16.2. The first-order valence-electron chi connectivity index (χ1n) is 8.85. The molecule has 1 fully saturated rings. The van der Waals surface area contributed by atoms with Gasteiger partial charge in [-0.15, -0.1) is 0 Å². The summed E-state index contributed by atoms with van der Waals surface area (Å²) in [7, 11) is 3.82. The number of rotatable bonds is 4. The number of aryl methyl sites for hydroxylation is 2. The van der Waals surface area contributed by atoms with Crippen LogP contribution in [0.3, 0.4) is 0 Å². The molecule has 0 spiro atoms. The van der Waals surface area contributed by atoms with Crippen molar-refractivity contribution in [3.05, 3.63) is 29.3 Å². The predicted molar refractivity (Wildman–Crippen MR) is 97.1 cm³/mol. The minimum Gasteiger partial charge on any atom is -0.334 e. The molecule has 5 nitrogen and oxygen atoms in total. The average molecular weight is 331 g/mol. The molecule has 24 heavy (non-hydrogen) atoms. The lowest BCUT2D eigenvalue weighted by molar-refractivity contribution is -0.144. The Morgan fingerprint density at radius 3 is 2.21 bits per heavy atom. The van der Waals surface area contributed by atoms with Crippen LogP contribution in [0.25, 0.3) is 0 Å². The Morgan fingerprint density at radius 2 is 1.71 bits per heavy atom. The van der Waals surface area contributed by atoms with Crippen LogP contribution in [0.4, 0.5) is 5.69 Å². The largest absolute Gasteiger partial charge is 0.334 e. The van der Waals surface area contributed by atoms with E-state index in [1.807, 2.05) is 18.2 Å². The van der Waals surface area contributed by atoms with E-state index < -0.39 is 11.8 Å². The standard InChI is InChI=1S/C19H29N3O2/c1-5-14-8-7-9-15(6-2)17(14)20-18(23)19(24)22(4)16-10-12-21(3)13-11-16/h7-9,16H,5-6,10-13H2,1-4H3,(H,20,23). The number of nitrogens with zero attached hydrogens (tertiary/aromatic N) is 2. The van der Waals surface area contributed by atoms with Gasteiger partial charge in [-0.25, -0.2) is 0 Å². The fourth-order valence-electron chi connectivity index (χ4n) is 3.28. The third-order valence-electron chi connectivity index (χ3n) is 4.99. The summed E-state index contributed by atoms with van der Waals surface area (Å²) in [5, 5.41) is 2.87. The van der Waals surface area contributed by atoms with Crippen LogP contribution in [0, 0.1) is 0 Å². The van der Waals surface area contributed by atoms with Crippen molar-refractivity contribution in [1.82, 2.24) is 9.80 Å². The van der Waals surface area contributed by atoms with Crippen LogP contribution in [0.15, 0.2) is 18.2 Å². The van der Waals surface area contributed by atoms with Crippen LogP contribution in [0.2, 0.25) is 0 Å². The summed E-state index contributed by atoms with van der Waals surface area (Å²) in [5.74, 6) is -0.982. The molecular weight excluding hydrogens is 302 g/mol. The van der Waals surface area contributed by atoms with Gasteiger partial charge < -0.3 is 15.1 Å². The van der Waals surface area contributed by atoms with Crippen molar-refractivity contribution in [1.29, 1.82) is 0 Å². The molecule has 0 aliphatic carbocycles. The maximum absolute atomic E-state index is 12.5. The van der Waals surface area contributed by atoms with E-state index in [1.165, 1.54) is 0 Å². The second-order valence-corrected chi connectivity index (χ2v) is 6.56. The van der Waals surface area contributed by atoms with Gasteiger partial charge in [0.25, 0.3) is 0 Å². The lowest BCUT2D eigenvalue weighted by Gasteiger charge is -2.34. The molecule has 1 aromatic carbocycles. The quantitative estimate of drug-likeness (QED) is 0.862. The van der Waals surface area contributed by atoms with Crippen molar-refractivity contribution in [2.75, 3.05) is 32.5 Å². The SMILES string of the molecule is CCc1cccc(CC)c1NC(=O)C(=O)N(C)C1CCN(C)CC1. The number of hydrogen-bond acceptors (Lipinski definition) is 3. The molecule has 1 N–H and O–H groups in total. The number of carbonyl (C=O) groups is 2. The third kappa shape index (κ3) is 4.15. The van der Waals surface area contributed by atoms with Gasteiger partial charge in [-0.2, -0.15) is 0 Å². The summed E-state index contributed by atoms with van der Waals surface area (Å²) in [6.07, 6.45) is 3.47. The Labute approximate surface area is 145 Å². The number of para-hydroxylation sites is 1. The molecule has 0 saturated carbocycles. The van der Waals surface area contributed by atoms with Gasteiger partial charge >= 0.3 is 11.8 Å². The summed E-state index contributed by atoms with van der Waals surface area (Å²) < 4.78 is 0. The van der Waals surface area contributed by atoms with Gasteiger partial charge in [0.1, 0.15) is 0 Å². The van der Waals surface area contributed by atoms with E-state index in [1.54, 1.807) is 11.9 Å². The van der Waals surface area contributed by atoms with Crippen LogP contribution >= 0.6 is 0 Å². The van der Waals surface area contributed by atoms with Crippen LogP contribution in [-0.4, -0.2) is 54.8 Å². The van der Waals surface area contributed by atoms with E-state index in [2.05, 4.69) is 31.1 Å². The molecule has 1 aliphatic heterocycles. The van der Waals surface area contributed by atoms with Crippen molar-refractivity contribution >= 4 is 17.5 Å². The fraction of sp³-hybridized carbons (Fsp3) is 0.579. The van der Waals surface area contributed by atoms with Crippen molar-refractivity contribution < 1.29 is 9.59 Å². The van der Waals surface area contributed by atoms with Crippen LogP contribution in [0.5, 0.6) is 0 Å². The topological polar surface area (TPSA) is 52.7 Å². The summed E-state index contributed by atoms with van der Waals surface area (Å²) in [5.41, 5.74) is 2.94. The van der Waals surface area contributed by atoms with E-state index in [-0.39, 0.29) is 6.04 Å². The van der Waals surface area contributed by atoms with Crippen LogP contribution in [-0.2, 0) is 22.4 Å². The van der Waals surface area contributed by atoms with Gasteiger partial charge in [-0.1, -0.05) is 32.0 Å².